The fourth-order valence-electron chi connectivity index (χ4n) is 2.84. The Bertz CT molecular complexity index is 1020. The van der Waals surface area contributed by atoms with E-state index >= 15 is 0 Å². The molecule has 0 bridgehead atoms. The van der Waals surface area contributed by atoms with E-state index in [1.807, 2.05) is 48.7 Å². The number of benzene rings is 1. The van der Waals surface area contributed by atoms with E-state index in [9.17, 15) is 4.79 Å². The Morgan fingerprint density at radius 2 is 2.00 bits per heavy atom. The lowest BCUT2D eigenvalue weighted by Crippen LogP contribution is -2.27. The molecule has 1 aromatic carbocycles. The number of hydrogen-bond acceptors (Lipinski definition) is 4. The van der Waals surface area contributed by atoms with Gasteiger partial charge in [-0.2, -0.15) is 5.10 Å². The molecule has 0 aliphatic rings. The van der Waals surface area contributed by atoms with Gasteiger partial charge in [-0.3, -0.25) is 9.89 Å². The van der Waals surface area contributed by atoms with Crippen LogP contribution < -0.4 is 5.32 Å². The minimum Gasteiger partial charge on any atom is -0.355 e. The third kappa shape index (κ3) is 3.46. The average molecular weight is 346 g/mol. The number of aromatic amines is 2. The van der Waals surface area contributed by atoms with Gasteiger partial charge >= 0.3 is 0 Å². The molecule has 0 saturated carbocycles. The number of aromatic nitrogens is 5. The molecule has 7 nitrogen and oxygen atoms in total. The summed E-state index contributed by atoms with van der Waals surface area (Å²) in [5.74, 6) is 1.39. The molecule has 4 aromatic rings. The van der Waals surface area contributed by atoms with Crippen molar-refractivity contribution in [1.82, 2.24) is 30.5 Å². The van der Waals surface area contributed by atoms with Gasteiger partial charge in [0, 0.05) is 36.3 Å². The molecule has 4 rings (SSSR count). The van der Waals surface area contributed by atoms with Crippen LogP contribution in [0.3, 0.4) is 0 Å². The molecule has 3 N–H and O–H groups in total. The van der Waals surface area contributed by atoms with Crippen molar-refractivity contribution in [3.8, 4) is 11.4 Å². The summed E-state index contributed by atoms with van der Waals surface area (Å²) < 4.78 is 0. The van der Waals surface area contributed by atoms with Gasteiger partial charge < -0.3 is 10.3 Å². The van der Waals surface area contributed by atoms with E-state index in [4.69, 9.17) is 0 Å². The summed E-state index contributed by atoms with van der Waals surface area (Å²) >= 11 is 0. The molecule has 26 heavy (non-hydrogen) atoms. The number of H-pyrrole nitrogens is 2. The van der Waals surface area contributed by atoms with Crippen LogP contribution in [0.4, 0.5) is 0 Å². The quantitative estimate of drug-likeness (QED) is 0.498. The molecular formula is C19H18N6O. The zero-order valence-electron chi connectivity index (χ0n) is 14.1. The van der Waals surface area contributed by atoms with Crippen molar-refractivity contribution in [1.29, 1.82) is 0 Å². The molecular weight excluding hydrogens is 328 g/mol. The van der Waals surface area contributed by atoms with Crippen LogP contribution in [0.5, 0.6) is 0 Å². The van der Waals surface area contributed by atoms with E-state index in [1.54, 1.807) is 6.20 Å². The summed E-state index contributed by atoms with van der Waals surface area (Å²) in [6.45, 7) is 0.503. The summed E-state index contributed by atoms with van der Waals surface area (Å²) in [6.07, 6.45) is 4.47. The number of fused-ring (bicyclic) bond motifs is 1. The molecule has 3 aromatic heterocycles. The van der Waals surface area contributed by atoms with Gasteiger partial charge in [0.2, 0.25) is 5.91 Å². The summed E-state index contributed by atoms with van der Waals surface area (Å²) in [4.78, 5) is 24.0. The molecule has 0 unspecified atom stereocenters. The predicted octanol–water partition coefficient (Wildman–Crippen LogP) is 2.25. The summed E-state index contributed by atoms with van der Waals surface area (Å²) in [7, 11) is 0. The van der Waals surface area contributed by atoms with E-state index in [0.717, 1.165) is 28.0 Å². The fourth-order valence-corrected chi connectivity index (χ4v) is 2.84. The second kappa shape index (κ2) is 7.18. The number of nitrogens with one attached hydrogen (secondary N) is 3. The molecule has 0 fully saturated rings. The molecule has 0 atom stereocenters. The highest BCUT2D eigenvalue weighted by molar-refractivity contribution is 5.87. The number of hydrogen-bond donors (Lipinski definition) is 3. The molecule has 130 valence electrons. The zero-order valence-corrected chi connectivity index (χ0v) is 14.1. The maximum Gasteiger partial charge on any atom is 0.224 e. The van der Waals surface area contributed by atoms with Gasteiger partial charge in [-0.25, -0.2) is 9.97 Å². The maximum atomic E-state index is 12.2. The van der Waals surface area contributed by atoms with Gasteiger partial charge in [-0.15, -0.1) is 0 Å². The van der Waals surface area contributed by atoms with Crippen molar-refractivity contribution >= 4 is 16.9 Å². The lowest BCUT2D eigenvalue weighted by Gasteiger charge is -2.03. The number of rotatable bonds is 6. The van der Waals surface area contributed by atoms with Crippen molar-refractivity contribution in [3.05, 3.63) is 66.2 Å². The first-order valence-electron chi connectivity index (χ1n) is 8.44. The first kappa shape index (κ1) is 16.0. The van der Waals surface area contributed by atoms with Crippen LogP contribution in [-0.4, -0.2) is 37.6 Å². The Morgan fingerprint density at radius 3 is 2.88 bits per heavy atom. The summed E-state index contributed by atoms with van der Waals surface area (Å²) in [5.41, 5.74) is 2.70. The molecule has 1 amide bonds. The van der Waals surface area contributed by atoms with E-state index in [-0.39, 0.29) is 5.91 Å². The van der Waals surface area contributed by atoms with Gasteiger partial charge in [0.15, 0.2) is 5.82 Å². The number of amides is 1. The van der Waals surface area contributed by atoms with Crippen molar-refractivity contribution in [2.45, 2.75) is 12.8 Å². The molecule has 0 radical (unpaired) electrons. The normalized spacial score (nSPS) is 10.9. The highest BCUT2D eigenvalue weighted by Gasteiger charge is 2.10. The van der Waals surface area contributed by atoms with Gasteiger partial charge in [-0.05, 0) is 17.7 Å². The lowest BCUT2D eigenvalue weighted by atomic mass is 10.1. The molecule has 0 aliphatic heterocycles. The first-order valence-corrected chi connectivity index (χ1v) is 8.44. The Kier molecular flexibility index (Phi) is 4.42. The molecule has 0 saturated heterocycles. The molecule has 0 aliphatic carbocycles. The highest BCUT2D eigenvalue weighted by atomic mass is 16.1. The van der Waals surface area contributed by atoms with Gasteiger partial charge in [0.05, 0.1) is 6.42 Å². The van der Waals surface area contributed by atoms with Crippen LogP contribution in [0.1, 0.15) is 11.4 Å². The highest BCUT2D eigenvalue weighted by Crippen LogP contribution is 2.16. The molecule has 7 heteroatoms. The van der Waals surface area contributed by atoms with Crippen LogP contribution in [-0.2, 0) is 17.6 Å². The second-order valence-corrected chi connectivity index (χ2v) is 5.96. The van der Waals surface area contributed by atoms with Crippen molar-refractivity contribution in [3.63, 3.8) is 0 Å². The molecule has 3 heterocycles. The number of carbonyl (C=O) groups is 1. The summed E-state index contributed by atoms with van der Waals surface area (Å²) in [5, 5.41) is 11.0. The minimum absolute atomic E-state index is 0.0300. The number of nitrogens with zero attached hydrogens (tertiary/aromatic N) is 3. The van der Waals surface area contributed by atoms with E-state index in [2.05, 4.69) is 30.5 Å². The van der Waals surface area contributed by atoms with Crippen molar-refractivity contribution in [2.24, 2.45) is 0 Å². The summed E-state index contributed by atoms with van der Waals surface area (Å²) in [6, 6.07) is 13.6. The van der Waals surface area contributed by atoms with Crippen LogP contribution in [0.25, 0.3) is 22.4 Å². The Hall–Kier alpha value is -3.48. The van der Waals surface area contributed by atoms with Crippen LogP contribution in [0.15, 0.2) is 54.9 Å². The largest absolute Gasteiger partial charge is 0.355 e. The first-order chi connectivity index (χ1) is 12.8. The minimum atomic E-state index is -0.0300. The van der Waals surface area contributed by atoms with E-state index in [0.29, 0.717) is 25.2 Å². The van der Waals surface area contributed by atoms with Crippen LogP contribution >= 0.6 is 0 Å². The van der Waals surface area contributed by atoms with Crippen LogP contribution in [0, 0.1) is 0 Å². The smallest absolute Gasteiger partial charge is 0.224 e. The third-order valence-corrected chi connectivity index (χ3v) is 4.14. The van der Waals surface area contributed by atoms with Gasteiger partial charge in [-0.1, -0.05) is 30.3 Å². The maximum absolute atomic E-state index is 12.2. The van der Waals surface area contributed by atoms with Gasteiger partial charge in [0.1, 0.15) is 11.5 Å². The SMILES string of the molecule is O=C(Cc1c[nH]c2ncccc12)NCCc1nc(-c2ccccc2)n[nH]1. The standard InChI is InChI=1S/C19H18N6O/c26-17(11-14-12-22-19-15(14)7-4-9-21-19)20-10-8-16-23-18(25-24-16)13-5-2-1-3-6-13/h1-7,9,12H,8,10-11H2,(H,20,26)(H,21,22)(H,23,24,25). The van der Waals surface area contributed by atoms with Crippen LogP contribution in [0.2, 0.25) is 0 Å². The van der Waals surface area contributed by atoms with Crippen molar-refractivity contribution in [2.75, 3.05) is 6.54 Å². The Labute approximate surface area is 149 Å². The van der Waals surface area contributed by atoms with E-state index < -0.39 is 0 Å². The topological polar surface area (TPSA) is 99.3 Å². The zero-order chi connectivity index (χ0) is 17.8. The number of carbonyl (C=O) groups excluding carboxylic acids is 1. The monoisotopic (exact) mass is 346 g/mol. The Balaban J connectivity index is 1.31. The third-order valence-electron chi connectivity index (χ3n) is 4.14. The average Bonchev–Trinajstić information content (AvgIpc) is 3.30. The number of pyridine rings is 1. The van der Waals surface area contributed by atoms with Gasteiger partial charge in [0.25, 0.3) is 0 Å². The second-order valence-electron chi connectivity index (χ2n) is 5.96. The fraction of sp³-hybridized carbons (Fsp3) is 0.158. The predicted molar refractivity (Wildman–Crippen MR) is 98.3 cm³/mol. The van der Waals surface area contributed by atoms with Crippen molar-refractivity contribution < 1.29 is 4.79 Å². The molecule has 0 spiro atoms. The Morgan fingerprint density at radius 1 is 1.12 bits per heavy atom. The van der Waals surface area contributed by atoms with E-state index in [1.165, 1.54) is 0 Å². The lowest BCUT2D eigenvalue weighted by molar-refractivity contribution is -0.120.